The minimum absolute atomic E-state index is 0.382. The average molecular weight is 439 g/mol. The van der Waals surface area contributed by atoms with Crippen LogP contribution in [0.2, 0.25) is 0 Å². The summed E-state index contributed by atoms with van der Waals surface area (Å²) >= 11 is 0. The molecular formula is C23H26N4O3S. The first-order valence-electron chi connectivity index (χ1n) is 10.2. The summed E-state index contributed by atoms with van der Waals surface area (Å²) in [5, 5.41) is 8.74. The van der Waals surface area contributed by atoms with Crippen LogP contribution in [0.15, 0.2) is 59.5 Å². The smallest absolute Gasteiger partial charge is 0.243 e. The molecule has 0 radical (unpaired) electrons. The Morgan fingerprint density at radius 3 is 2.29 bits per heavy atom. The molecule has 1 aliphatic heterocycles. The van der Waals surface area contributed by atoms with Gasteiger partial charge in [-0.2, -0.15) is 4.31 Å². The summed E-state index contributed by atoms with van der Waals surface area (Å²) in [5.41, 5.74) is 3.45. The number of ether oxygens (including phenoxy) is 1. The van der Waals surface area contributed by atoms with Crippen LogP contribution in [0, 0.1) is 13.8 Å². The van der Waals surface area contributed by atoms with Crippen LogP contribution in [0.3, 0.4) is 0 Å². The Kier molecular flexibility index (Phi) is 5.93. The lowest BCUT2D eigenvalue weighted by atomic mass is 10.1. The van der Waals surface area contributed by atoms with E-state index >= 15 is 0 Å². The van der Waals surface area contributed by atoms with Gasteiger partial charge in [-0.15, -0.1) is 10.2 Å². The predicted octanol–water partition coefficient (Wildman–Crippen LogP) is 3.28. The molecule has 7 nitrogen and oxygen atoms in total. The molecule has 1 aliphatic rings. The summed E-state index contributed by atoms with van der Waals surface area (Å²) in [6.07, 6.45) is 0. The van der Waals surface area contributed by atoms with Crippen LogP contribution in [0.25, 0.3) is 11.3 Å². The molecular weight excluding hydrogens is 412 g/mol. The summed E-state index contributed by atoms with van der Waals surface area (Å²) < 4.78 is 33.1. The number of aryl methyl sites for hydroxylation is 2. The van der Waals surface area contributed by atoms with Gasteiger partial charge in [0.05, 0.1) is 17.7 Å². The highest BCUT2D eigenvalue weighted by Gasteiger charge is 2.30. The topological polar surface area (TPSA) is 75.6 Å². The van der Waals surface area contributed by atoms with Crippen molar-refractivity contribution in [3.05, 3.63) is 65.7 Å². The SMILES string of the molecule is COc1ccccc1-c1ccc(N2CCN(S(=O)(=O)c3ccc(C)cc3C)CC2)nn1. The number of nitrogens with zero attached hydrogens (tertiary/aromatic N) is 4. The number of piperazine rings is 1. The maximum atomic E-state index is 13.1. The minimum atomic E-state index is -3.51. The van der Waals surface area contributed by atoms with E-state index in [0.717, 1.165) is 34.0 Å². The van der Waals surface area contributed by atoms with E-state index in [2.05, 4.69) is 15.1 Å². The highest BCUT2D eigenvalue weighted by atomic mass is 32.2. The molecule has 1 saturated heterocycles. The van der Waals surface area contributed by atoms with Crippen LogP contribution in [0.5, 0.6) is 5.75 Å². The van der Waals surface area contributed by atoms with Crippen molar-refractivity contribution in [3.63, 3.8) is 0 Å². The van der Waals surface area contributed by atoms with E-state index < -0.39 is 10.0 Å². The normalized spacial score (nSPS) is 15.1. The van der Waals surface area contributed by atoms with Gasteiger partial charge in [0.25, 0.3) is 0 Å². The lowest BCUT2D eigenvalue weighted by Crippen LogP contribution is -2.49. The number of sulfonamides is 1. The number of benzene rings is 2. The standard InChI is InChI=1S/C23H26N4O3S/c1-17-8-10-22(18(2)16-17)31(28,29)27-14-12-26(13-15-27)23-11-9-20(24-25-23)19-6-4-5-7-21(19)30-3/h4-11,16H,12-15H2,1-3H3. The van der Waals surface area contributed by atoms with Crippen molar-refractivity contribution in [1.29, 1.82) is 0 Å². The van der Waals surface area contributed by atoms with Gasteiger partial charge in [0.2, 0.25) is 10.0 Å². The zero-order valence-electron chi connectivity index (χ0n) is 17.9. The molecule has 0 spiro atoms. The van der Waals surface area contributed by atoms with Gasteiger partial charge >= 0.3 is 0 Å². The number of hydrogen-bond donors (Lipinski definition) is 0. The van der Waals surface area contributed by atoms with Crippen LogP contribution in [-0.4, -0.2) is 56.2 Å². The van der Waals surface area contributed by atoms with Crippen molar-refractivity contribution >= 4 is 15.8 Å². The van der Waals surface area contributed by atoms with Crippen molar-refractivity contribution in [2.75, 3.05) is 38.2 Å². The minimum Gasteiger partial charge on any atom is -0.496 e. The van der Waals surface area contributed by atoms with Gasteiger partial charge in [-0.25, -0.2) is 8.42 Å². The highest BCUT2D eigenvalue weighted by Crippen LogP contribution is 2.29. The van der Waals surface area contributed by atoms with Gasteiger partial charge in [-0.1, -0.05) is 29.8 Å². The van der Waals surface area contributed by atoms with Gasteiger partial charge in [0.15, 0.2) is 5.82 Å². The molecule has 8 heteroatoms. The van der Waals surface area contributed by atoms with Crippen LogP contribution < -0.4 is 9.64 Å². The molecule has 0 saturated carbocycles. The molecule has 1 fully saturated rings. The quantitative estimate of drug-likeness (QED) is 0.609. The Hall–Kier alpha value is -2.97. The number of anilines is 1. The summed E-state index contributed by atoms with van der Waals surface area (Å²) in [6, 6.07) is 17.0. The van der Waals surface area contributed by atoms with Gasteiger partial charge in [0.1, 0.15) is 5.75 Å². The first-order chi connectivity index (χ1) is 14.9. The van der Waals surface area contributed by atoms with Crippen molar-refractivity contribution in [2.24, 2.45) is 0 Å². The molecule has 0 atom stereocenters. The molecule has 0 N–H and O–H groups in total. The third kappa shape index (κ3) is 4.26. The number of para-hydroxylation sites is 1. The third-order valence-corrected chi connectivity index (χ3v) is 7.60. The molecule has 2 heterocycles. The molecule has 0 bridgehead atoms. The second-order valence-corrected chi connectivity index (χ2v) is 9.54. The largest absolute Gasteiger partial charge is 0.496 e. The lowest BCUT2D eigenvalue weighted by molar-refractivity contribution is 0.383. The molecule has 1 aromatic heterocycles. The molecule has 4 rings (SSSR count). The number of methoxy groups -OCH3 is 1. The zero-order valence-corrected chi connectivity index (χ0v) is 18.8. The predicted molar refractivity (Wildman–Crippen MR) is 121 cm³/mol. The Balaban J connectivity index is 1.46. The first-order valence-corrected chi connectivity index (χ1v) is 11.6. The summed E-state index contributed by atoms with van der Waals surface area (Å²) in [5.74, 6) is 1.48. The fourth-order valence-electron chi connectivity index (χ4n) is 3.88. The Morgan fingerprint density at radius 2 is 1.65 bits per heavy atom. The lowest BCUT2D eigenvalue weighted by Gasteiger charge is -2.34. The van der Waals surface area contributed by atoms with Gasteiger partial charge in [-0.05, 0) is 49.7 Å². The third-order valence-electron chi connectivity index (χ3n) is 5.54. The second kappa shape index (κ2) is 8.64. The fourth-order valence-corrected chi connectivity index (χ4v) is 5.51. The fraction of sp³-hybridized carbons (Fsp3) is 0.304. The Bertz CT molecular complexity index is 1170. The van der Waals surface area contributed by atoms with E-state index in [4.69, 9.17) is 4.74 Å². The Morgan fingerprint density at radius 1 is 0.903 bits per heavy atom. The summed E-state index contributed by atoms with van der Waals surface area (Å²) in [4.78, 5) is 2.44. The maximum absolute atomic E-state index is 13.1. The number of aromatic nitrogens is 2. The van der Waals surface area contributed by atoms with Gasteiger partial charge < -0.3 is 9.64 Å². The van der Waals surface area contributed by atoms with Crippen molar-refractivity contribution in [2.45, 2.75) is 18.7 Å². The molecule has 0 unspecified atom stereocenters. The van der Waals surface area contributed by atoms with Gasteiger partial charge in [-0.3, -0.25) is 0 Å². The van der Waals surface area contributed by atoms with E-state index in [9.17, 15) is 8.42 Å². The molecule has 162 valence electrons. The summed E-state index contributed by atoms with van der Waals surface area (Å²) in [7, 11) is -1.88. The first kappa shape index (κ1) is 21.3. The Labute approximate surface area is 183 Å². The second-order valence-electron chi connectivity index (χ2n) is 7.64. The van der Waals surface area contributed by atoms with Crippen molar-refractivity contribution < 1.29 is 13.2 Å². The molecule has 3 aromatic rings. The molecule has 0 aliphatic carbocycles. The van der Waals surface area contributed by atoms with Crippen LogP contribution in [-0.2, 0) is 10.0 Å². The molecule has 0 amide bonds. The van der Waals surface area contributed by atoms with Crippen molar-refractivity contribution in [3.8, 4) is 17.0 Å². The van der Waals surface area contributed by atoms with E-state index in [1.807, 2.05) is 62.4 Å². The maximum Gasteiger partial charge on any atom is 0.243 e. The van der Waals surface area contributed by atoms with E-state index in [1.165, 1.54) is 0 Å². The molecule has 2 aromatic carbocycles. The van der Waals surface area contributed by atoms with Crippen LogP contribution in [0.1, 0.15) is 11.1 Å². The van der Waals surface area contributed by atoms with E-state index in [1.54, 1.807) is 17.5 Å². The van der Waals surface area contributed by atoms with Gasteiger partial charge in [0, 0.05) is 31.7 Å². The van der Waals surface area contributed by atoms with Crippen LogP contribution in [0.4, 0.5) is 5.82 Å². The zero-order chi connectivity index (χ0) is 22.0. The van der Waals surface area contributed by atoms with E-state index in [-0.39, 0.29) is 0 Å². The number of rotatable bonds is 5. The number of hydrogen-bond acceptors (Lipinski definition) is 6. The van der Waals surface area contributed by atoms with Crippen molar-refractivity contribution in [1.82, 2.24) is 14.5 Å². The van der Waals surface area contributed by atoms with Crippen LogP contribution >= 0.6 is 0 Å². The molecule has 31 heavy (non-hydrogen) atoms. The average Bonchev–Trinajstić information content (AvgIpc) is 2.79. The monoisotopic (exact) mass is 438 g/mol. The highest BCUT2D eigenvalue weighted by molar-refractivity contribution is 7.89. The summed E-state index contributed by atoms with van der Waals surface area (Å²) in [6.45, 7) is 5.74. The van der Waals surface area contributed by atoms with E-state index in [0.29, 0.717) is 31.1 Å².